The lowest BCUT2D eigenvalue weighted by atomic mass is 10.1. The maximum atomic E-state index is 4.60. The average molecular weight is 367 g/mol. The molecule has 2 aromatic rings. The molecule has 27 heavy (non-hydrogen) atoms. The van der Waals surface area contributed by atoms with Gasteiger partial charge in [0.25, 0.3) is 0 Å². The lowest BCUT2D eigenvalue weighted by Gasteiger charge is -2.28. The number of rotatable bonds is 5. The summed E-state index contributed by atoms with van der Waals surface area (Å²) >= 11 is 0. The summed E-state index contributed by atoms with van der Waals surface area (Å²) in [7, 11) is 0. The average Bonchev–Trinajstić information content (AvgIpc) is 2.98. The number of hydrogen-bond acceptors (Lipinski definition) is 6. The molecule has 2 N–H and O–H groups in total. The van der Waals surface area contributed by atoms with E-state index < -0.39 is 0 Å². The Morgan fingerprint density at radius 1 is 0.852 bits per heavy atom. The van der Waals surface area contributed by atoms with E-state index in [1.54, 1.807) is 6.20 Å². The molecule has 0 amide bonds. The molecular weight excluding hydrogens is 336 g/mol. The van der Waals surface area contributed by atoms with Gasteiger partial charge in [-0.3, -0.25) is 0 Å². The molecule has 1 saturated carbocycles. The van der Waals surface area contributed by atoms with Crippen LogP contribution in [0.25, 0.3) is 0 Å². The lowest BCUT2D eigenvalue weighted by Crippen LogP contribution is -2.29. The molecular formula is C21H30N6. The third-order valence-corrected chi connectivity index (χ3v) is 5.61. The van der Waals surface area contributed by atoms with Crippen molar-refractivity contribution >= 4 is 23.1 Å². The van der Waals surface area contributed by atoms with Gasteiger partial charge >= 0.3 is 0 Å². The van der Waals surface area contributed by atoms with E-state index in [2.05, 4.69) is 55.0 Å². The molecule has 2 fully saturated rings. The van der Waals surface area contributed by atoms with Crippen molar-refractivity contribution in [2.45, 2.75) is 63.8 Å². The van der Waals surface area contributed by atoms with E-state index in [0.717, 1.165) is 11.5 Å². The van der Waals surface area contributed by atoms with E-state index in [-0.39, 0.29) is 0 Å². The molecule has 1 aromatic carbocycles. The summed E-state index contributed by atoms with van der Waals surface area (Å²) in [5.41, 5.74) is 2.33. The molecule has 1 aliphatic heterocycles. The molecule has 4 rings (SSSR count). The maximum absolute atomic E-state index is 4.60. The highest BCUT2D eigenvalue weighted by molar-refractivity contribution is 5.61. The van der Waals surface area contributed by atoms with E-state index >= 15 is 0 Å². The Bertz CT molecular complexity index is 703. The number of anilines is 4. The first-order valence-corrected chi connectivity index (χ1v) is 10.5. The van der Waals surface area contributed by atoms with Gasteiger partial charge in [0.05, 0.1) is 6.20 Å². The first kappa shape index (κ1) is 18.0. The zero-order chi connectivity index (χ0) is 18.3. The zero-order valence-electron chi connectivity index (χ0n) is 16.0. The van der Waals surface area contributed by atoms with Gasteiger partial charge in [-0.05, 0) is 56.4 Å². The van der Waals surface area contributed by atoms with Crippen molar-refractivity contribution in [1.82, 2.24) is 15.2 Å². The Labute approximate surface area is 161 Å². The van der Waals surface area contributed by atoms with Gasteiger partial charge in [-0.1, -0.05) is 25.7 Å². The summed E-state index contributed by atoms with van der Waals surface area (Å²) in [4.78, 5) is 7.07. The number of benzene rings is 1. The fourth-order valence-corrected chi connectivity index (χ4v) is 4.09. The fraction of sp³-hybridized carbons (Fsp3) is 0.571. The molecule has 2 aliphatic rings. The van der Waals surface area contributed by atoms with Gasteiger partial charge in [0.15, 0.2) is 5.82 Å². The Balaban J connectivity index is 1.37. The van der Waals surface area contributed by atoms with Gasteiger partial charge in [-0.2, -0.15) is 10.1 Å². The number of nitrogens with zero attached hydrogens (tertiary/aromatic N) is 4. The highest BCUT2D eigenvalue weighted by Crippen LogP contribution is 2.24. The second kappa shape index (κ2) is 9.02. The first-order valence-electron chi connectivity index (χ1n) is 10.5. The van der Waals surface area contributed by atoms with Crippen LogP contribution in [0.3, 0.4) is 0 Å². The van der Waals surface area contributed by atoms with Crippen molar-refractivity contribution in [2.24, 2.45) is 0 Å². The largest absolute Gasteiger partial charge is 0.372 e. The molecule has 1 aliphatic carbocycles. The molecule has 6 nitrogen and oxygen atoms in total. The summed E-state index contributed by atoms with van der Waals surface area (Å²) < 4.78 is 0. The van der Waals surface area contributed by atoms with E-state index in [1.807, 2.05) is 0 Å². The Morgan fingerprint density at radius 2 is 1.56 bits per heavy atom. The predicted octanol–water partition coefficient (Wildman–Crippen LogP) is 4.74. The van der Waals surface area contributed by atoms with Crippen molar-refractivity contribution in [2.75, 3.05) is 28.6 Å². The fourth-order valence-electron chi connectivity index (χ4n) is 4.09. The summed E-state index contributed by atoms with van der Waals surface area (Å²) in [5, 5.41) is 15.1. The molecule has 2 heterocycles. The second-order valence-electron chi connectivity index (χ2n) is 7.72. The van der Waals surface area contributed by atoms with Crippen molar-refractivity contribution in [1.29, 1.82) is 0 Å². The van der Waals surface area contributed by atoms with E-state index in [1.165, 1.54) is 76.6 Å². The first-order chi connectivity index (χ1) is 13.4. The normalized spacial score (nSPS) is 18.7. The van der Waals surface area contributed by atoms with E-state index in [9.17, 15) is 0 Å². The minimum Gasteiger partial charge on any atom is -0.372 e. The monoisotopic (exact) mass is 366 g/mol. The SMILES string of the molecule is c1cc(N2CCCCC2)ccc1Nc1cnnc(NC2CCCCCC2)n1. The third kappa shape index (κ3) is 5.08. The van der Waals surface area contributed by atoms with Gasteiger partial charge in [-0.25, -0.2) is 0 Å². The van der Waals surface area contributed by atoms with Crippen LogP contribution in [0.2, 0.25) is 0 Å². The molecule has 1 saturated heterocycles. The summed E-state index contributed by atoms with van der Waals surface area (Å²) in [6.07, 6.45) is 13.3. The Hall–Kier alpha value is -2.37. The molecule has 0 spiro atoms. The number of nitrogens with one attached hydrogen (secondary N) is 2. The van der Waals surface area contributed by atoms with Crippen LogP contribution in [-0.4, -0.2) is 34.3 Å². The highest BCUT2D eigenvalue weighted by Gasteiger charge is 2.14. The Morgan fingerprint density at radius 3 is 2.30 bits per heavy atom. The number of hydrogen-bond donors (Lipinski definition) is 2. The number of piperidine rings is 1. The lowest BCUT2D eigenvalue weighted by molar-refractivity contribution is 0.578. The molecule has 0 radical (unpaired) electrons. The van der Waals surface area contributed by atoms with Crippen molar-refractivity contribution in [3.8, 4) is 0 Å². The van der Waals surface area contributed by atoms with Gasteiger partial charge in [0.1, 0.15) is 0 Å². The van der Waals surface area contributed by atoms with Crippen LogP contribution >= 0.6 is 0 Å². The van der Waals surface area contributed by atoms with Gasteiger partial charge < -0.3 is 15.5 Å². The molecule has 0 bridgehead atoms. The van der Waals surface area contributed by atoms with E-state index in [4.69, 9.17) is 0 Å². The van der Waals surface area contributed by atoms with Crippen LogP contribution in [0, 0.1) is 0 Å². The number of aromatic nitrogens is 3. The van der Waals surface area contributed by atoms with Crippen LogP contribution in [0.1, 0.15) is 57.8 Å². The molecule has 0 atom stereocenters. The smallest absolute Gasteiger partial charge is 0.244 e. The van der Waals surface area contributed by atoms with Crippen molar-refractivity contribution in [3.05, 3.63) is 30.5 Å². The Kier molecular flexibility index (Phi) is 6.02. The van der Waals surface area contributed by atoms with Crippen LogP contribution in [-0.2, 0) is 0 Å². The topological polar surface area (TPSA) is 66.0 Å². The van der Waals surface area contributed by atoms with Crippen LogP contribution < -0.4 is 15.5 Å². The maximum Gasteiger partial charge on any atom is 0.244 e. The van der Waals surface area contributed by atoms with Gasteiger partial charge in [0, 0.05) is 30.5 Å². The standard InChI is InChI=1S/C21H30N6/c1-2-5-9-17(8-4-1)24-21-25-20(16-22-26-21)23-18-10-12-19(13-11-18)27-14-6-3-7-15-27/h10-13,16-17H,1-9,14-15H2,(H2,23,24,25,26). The van der Waals surface area contributed by atoms with Crippen LogP contribution in [0.4, 0.5) is 23.1 Å². The van der Waals surface area contributed by atoms with Gasteiger partial charge in [0.2, 0.25) is 5.95 Å². The molecule has 6 heteroatoms. The second-order valence-corrected chi connectivity index (χ2v) is 7.72. The zero-order valence-corrected chi connectivity index (χ0v) is 16.0. The van der Waals surface area contributed by atoms with Crippen molar-refractivity contribution in [3.63, 3.8) is 0 Å². The minimum atomic E-state index is 0.466. The van der Waals surface area contributed by atoms with Crippen LogP contribution in [0.15, 0.2) is 30.5 Å². The highest BCUT2D eigenvalue weighted by atomic mass is 15.3. The summed E-state index contributed by atoms with van der Waals surface area (Å²) in [6, 6.07) is 9.07. The molecule has 0 unspecified atom stereocenters. The summed E-state index contributed by atoms with van der Waals surface area (Å²) in [5.74, 6) is 1.35. The summed E-state index contributed by atoms with van der Waals surface area (Å²) in [6.45, 7) is 2.33. The van der Waals surface area contributed by atoms with E-state index in [0.29, 0.717) is 12.0 Å². The third-order valence-electron chi connectivity index (χ3n) is 5.61. The minimum absolute atomic E-state index is 0.466. The quantitative estimate of drug-likeness (QED) is 0.745. The van der Waals surface area contributed by atoms with Gasteiger partial charge in [-0.15, -0.1) is 5.10 Å². The predicted molar refractivity (Wildman–Crippen MR) is 111 cm³/mol. The van der Waals surface area contributed by atoms with Crippen LogP contribution in [0.5, 0.6) is 0 Å². The van der Waals surface area contributed by atoms with Crippen molar-refractivity contribution < 1.29 is 0 Å². The molecule has 144 valence electrons. The molecule has 1 aromatic heterocycles.